The van der Waals surface area contributed by atoms with Crippen LogP contribution in [0, 0.1) is 10.1 Å². The van der Waals surface area contributed by atoms with E-state index in [2.05, 4.69) is 31.8 Å². The van der Waals surface area contributed by atoms with Crippen LogP contribution in [0.25, 0.3) is 0 Å². The van der Waals surface area contributed by atoms with Crippen molar-refractivity contribution in [3.63, 3.8) is 0 Å². The number of ether oxygens (including phenoxy) is 2. The summed E-state index contributed by atoms with van der Waals surface area (Å²) in [6.07, 6.45) is 1.51. The van der Waals surface area contributed by atoms with E-state index < -0.39 is 4.92 Å². The van der Waals surface area contributed by atoms with Crippen LogP contribution >= 0.6 is 15.9 Å². The van der Waals surface area contributed by atoms with E-state index in [1.807, 2.05) is 31.2 Å². The molecule has 176 valence electrons. The Hall–Kier alpha value is -3.92. The summed E-state index contributed by atoms with van der Waals surface area (Å²) in [5.41, 5.74) is 4.84. The summed E-state index contributed by atoms with van der Waals surface area (Å²) in [5.74, 6) is 0.768. The lowest BCUT2D eigenvalue weighted by atomic mass is 10.2. The summed E-state index contributed by atoms with van der Waals surface area (Å²) in [7, 11) is 0. The van der Waals surface area contributed by atoms with Gasteiger partial charge in [-0.1, -0.05) is 15.9 Å². The fraction of sp³-hybridized carbons (Fsp3) is 0.167. The van der Waals surface area contributed by atoms with Gasteiger partial charge in [0.05, 0.1) is 24.3 Å². The normalized spacial score (nSPS) is 10.6. The average Bonchev–Trinajstić information content (AvgIpc) is 2.83. The number of carbonyl (C=O) groups excluding carboxylic acids is 1. The van der Waals surface area contributed by atoms with Crippen LogP contribution in [0.4, 0.5) is 11.4 Å². The predicted molar refractivity (Wildman–Crippen MR) is 133 cm³/mol. The van der Waals surface area contributed by atoms with Gasteiger partial charge in [-0.15, -0.1) is 0 Å². The van der Waals surface area contributed by atoms with E-state index in [0.717, 1.165) is 15.7 Å². The highest BCUT2D eigenvalue weighted by Gasteiger charge is 2.08. The smallest absolute Gasteiger partial charge is 0.269 e. The summed E-state index contributed by atoms with van der Waals surface area (Å²) in [6.45, 7) is 2.61. The number of carbonyl (C=O) groups is 1. The SMILES string of the molecule is CCOc1cc(/C=N\NC(=O)CNc2ccc(Br)cc2)ccc1OCc1ccc([N+](=O)[O-])cc1. The summed E-state index contributed by atoms with van der Waals surface area (Å²) in [6, 6.07) is 18.9. The predicted octanol–water partition coefficient (Wildman–Crippen LogP) is 4.90. The number of benzene rings is 3. The van der Waals surface area contributed by atoms with Gasteiger partial charge in [-0.05, 0) is 72.6 Å². The van der Waals surface area contributed by atoms with E-state index in [1.54, 1.807) is 30.3 Å². The van der Waals surface area contributed by atoms with Gasteiger partial charge in [-0.3, -0.25) is 14.9 Å². The van der Waals surface area contributed by atoms with Crippen molar-refractivity contribution >= 4 is 39.4 Å². The minimum absolute atomic E-state index is 0.0265. The van der Waals surface area contributed by atoms with E-state index in [-0.39, 0.29) is 24.7 Å². The summed E-state index contributed by atoms with van der Waals surface area (Å²) in [4.78, 5) is 22.3. The van der Waals surface area contributed by atoms with E-state index in [1.165, 1.54) is 18.3 Å². The number of rotatable bonds is 11. The van der Waals surface area contributed by atoms with Gasteiger partial charge in [0.2, 0.25) is 0 Å². The highest BCUT2D eigenvalue weighted by Crippen LogP contribution is 2.29. The van der Waals surface area contributed by atoms with Crippen molar-refractivity contribution in [3.05, 3.63) is 92.4 Å². The molecule has 34 heavy (non-hydrogen) atoms. The van der Waals surface area contributed by atoms with E-state index >= 15 is 0 Å². The first-order valence-corrected chi connectivity index (χ1v) is 11.2. The monoisotopic (exact) mass is 526 g/mol. The molecule has 2 N–H and O–H groups in total. The molecule has 0 radical (unpaired) electrons. The van der Waals surface area contributed by atoms with Gasteiger partial charge in [-0.2, -0.15) is 5.10 Å². The topological polar surface area (TPSA) is 115 Å². The van der Waals surface area contributed by atoms with Crippen molar-refractivity contribution in [2.45, 2.75) is 13.5 Å². The second-order valence-electron chi connectivity index (χ2n) is 7.01. The largest absolute Gasteiger partial charge is 0.490 e. The van der Waals surface area contributed by atoms with Gasteiger partial charge >= 0.3 is 0 Å². The molecule has 3 aromatic rings. The van der Waals surface area contributed by atoms with E-state index in [9.17, 15) is 14.9 Å². The Morgan fingerprint density at radius 2 is 1.79 bits per heavy atom. The lowest BCUT2D eigenvalue weighted by molar-refractivity contribution is -0.384. The van der Waals surface area contributed by atoms with Crippen LogP contribution < -0.4 is 20.2 Å². The number of nitro groups is 1. The van der Waals surface area contributed by atoms with E-state index in [4.69, 9.17) is 9.47 Å². The number of halogens is 1. The fourth-order valence-electron chi connectivity index (χ4n) is 2.84. The number of amides is 1. The zero-order chi connectivity index (χ0) is 24.3. The third-order valence-electron chi connectivity index (χ3n) is 4.51. The molecule has 3 aromatic carbocycles. The molecule has 0 aliphatic carbocycles. The minimum atomic E-state index is -0.445. The maximum Gasteiger partial charge on any atom is 0.269 e. The molecule has 10 heteroatoms. The summed E-state index contributed by atoms with van der Waals surface area (Å²) < 4.78 is 12.5. The molecular formula is C24H23BrN4O5. The van der Waals surface area contributed by atoms with Gasteiger partial charge in [-0.25, -0.2) is 5.43 Å². The zero-order valence-electron chi connectivity index (χ0n) is 18.4. The van der Waals surface area contributed by atoms with Crippen LogP contribution in [0.2, 0.25) is 0 Å². The first-order valence-electron chi connectivity index (χ1n) is 10.4. The van der Waals surface area contributed by atoms with Gasteiger partial charge in [0, 0.05) is 22.3 Å². The number of anilines is 1. The molecule has 3 rings (SSSR count). The van der Waals surface area contributed by atoms with Crippen molar-refractivity contribution in [2.75, 3.05) is 18.5 Å². The van der Waals surface area contributed by atoms with E-state index in [0.29, 0.717) is 23.7 Å². The van der Waals surface area contributed by atoms with Gasteiger partial charge in [0.15, 0.2) is 11.5 Å². The molecule has 0 spiro atoms. The Balaban J connectivity index is 1.54. The average molecular weight is 527 g/mol. The number of nitrogens with zero attached hydrogens (tertiary/aromatic N) is 2. The fourth-order valence-corrected chi connectivity index (χ4v) is 3.10. The third-order valence-corrected chi connectivity index (χ3v) is 5.04. The maximum absolute atomic E-state index is 12.0. The van der Waals surface area contributed by atoms with Crippen LogP contribution in [0.3, 0.4) is 0 Å². The number of nitro benzene ring substituents is 1. The molecule has 0 bridgehead atoms. The summed E-state index contributed by atoms with van der Waals surface area (Å²) in [5, 5.41) is 17.8. The van der Waals surface area contributed by atoms with Crippen LogP contribution in [0.15, 0.2) is 76.3 Å². The molecule has 0 saturated heterocycles. The number of hydrazone groups is 1. The van der Waals surface area contributed by atoms with Crippen LogP contribution in [0.1, 0.15) is 18.1 Å². The number of non-ortho nitro benzene ring substituents is 1. The first kappa shape index (κ1) is 24.7. The summed E-state index contributed by atoms with van der Waals surface area (Å²) >= 11 is 3.36. The van der Waals surface area contributed by atoms with Crippen LogP contribution in [-0.4, -0.2) is 30.2 Å². The van der Waals surface area contributed by atoms with Crippen molar-refractivity contribution in [2.24, 2.45) is 5.10 Å². The molecule has 0 fully saturated rings. The maximum atomic E-state index is 12.0. The van der Waals surface area contributed by atoms with Gasteiger partial charge < -0.3 is 14.8 Å². The van der Waals surface area contributed by atoms with Crippen molar-refractivity contribution in [3.8, 4) is 11.5 Å². The molecule has 1 amide bonds. The lowest BCUT2D eigenvalue weighted by Gasteiger charge is -2.12. The molecule has 0 aliphatic rings. The molecular weight excluding hydrogens is 504 g/mol. The van der Waals surface area contributed by atoms with Crippen molar-refractivity contribution in [1.29, 1.82) is 0 Å². The number of nitrogens with one attached hydrogen (secondary N) is 2. The van der Waals surface area contributed by atoms with Gasteiger partial charge in [0.1, 0.15) is 6.61 Å². The van der Waals surface area contributed by atoms with Crippen molar-refractivity contribution < 1.29 is 19.2 Å². The molecule has 0 saturated carbocycles. The van der Waals surface area contributed by atoms with Crippen LogP contribution in [0.5, 0.6) is 11.5 Å². The first-order chi connectivity index (χ1) is 16.4. The van der Waals surface area contributed by atoms with Crippen LogP contribution in [-0.2, 0) is 11.4 Å². The number of hydrogen-bond donors (Lipinski definition) is 2. The Morgan fingerprint density at radius 3 is 2.47 bits per heavy atom. The Kier molecular flexibility index (Phi) is 8.98. The Morgan fingerprint density at radius 1 is 1.06 bits per heavy atom. The minimum Gasteiger partial charge on any atom is -0.490 e. The quantitative estimate of drug-likeness (QED) is 0.208. The second kappa shape index (κ2) is 12.4. The standard InChI is InChI=1S/C24H23BrN4O5/c1-2-33-23-13-18(14-27-28-24(30)15-26-20-8-6-19(25)7-9-20)5-12-22(23)34-16-17-3-10-21(11-4-17)29(31)32/h3-14,26H,2,15-16H2,1H3,(H,28,30)/b27-14-. The van der Waals surface area contributed by atoms with Gasteiger partial charge in [0.25, 0.3) is 11.6 Å². The Labute approximate surface area is 205 Å². The van der Waals surface area contributed by atoms with Crippen molar-refractivity contribution in [1.82, 2.24) is 5.43 Å². The lowest BCUT2D eigenvalue weighted by Crippen LogP contribution is -2.25. The molecule has 9 nitrogen and oxygen atoms in total. The third kappa shape index (κ3) is 7.59. The highest BCUT2D eigenvalue weighted by atomic mass is 79.9. The number of hydrogen-bond acceptors (Lipinski definition) is 7. The highest BCUT2D eigenvalue weighted by molar-refractivity contribution is 9.10. The molecule has 0 atom stereocenters. The second-order valence-corrected chi connectivity index (χ2v) is 7.92. The molecule has 0 aliphatic heterocycles. The Bertz CT molecular complexity index is 1150. The molecule has 0 heterocycles. The zero-order valence-corrected chi connectivity index (χ0v) is 19.9. The molecule has 0 unspecified atom stereocenters. The molecule has 0 aromatic heterocycles.